The molecular weight excluding hydrogens is 212 g/mol. The Morgan fingerprint density at radius 1 is 1.12 bits per heavy atom. The highest BCUT2D eigenvalue weighted by molar-refractivity contribution is 5.91. The van der Waals surface area contributed by atoms with E-state index < -0.39 is 0 Å². The number of aryl methyl sites for hydroxylation is 1. The van der Waals surface area contributed by atoms with Crippen LogP contribution in [0.15, 0.2) is 24.3 Å². The molecule has 0 atom stereocenters. The van der Waals surface area contributed by atoms with Crippen molar-refractivity contribution in [2.24, 2.45) is 0 Å². The minimum Gasteiger partial charge on any atom is -0.462 e. The molecule has 0 aliphatic carbocycles. The second kappa shape index (κ2) is 7.88. The lowest BCUT2D eigenvalue weighted by Gasteiger charge is -2.08. The maximum absolute atomic E-state index is 11.9. The SMILES string of the molecule is CCCCCOC(=O)c1ccccc1CCC. The van der Waals surface area contributed by atoms with Gasteiger partial charge in [0.15, 0.2) is 0 Å². The lowest BCUT2D eigenvalue weighted by molar-refractivity contribution is 0.0497. The van der Waals surface area contributed by atoms with Crippen molar-refractivity contribution in [3.63, 3.8) is 0 Å². The predicted octanol–water partition coefficient (Wildman–Crippen LogP) is 3.99. The summed E-state index contributed by atoms with van der Waals surface area (Å²) in [5.41, 5.74) is 1.82. The molecule has 17 heavy (non-hydrogen) atoms. The minimum absolute atomic E-state index is 0.176. The van der Waals surface area contributed by atoms with Crippen molar-refractivity contribution < 1.29 is 9.53 Å². The van der Waals surface area contributed by atoms with E-state index in [2.05, 4.69) is 13.8 Å². The van der Waals surface area contributed by atoms with Gasteiger partial charge in [0.25, 0.3) is 0 Å². The number of ether oxygens (including phenoxy) is 1. The fourth-order valence-electron chi connectivity index (χ4n) is 1.80. The van der Waals surface area contributed by atoms with Crippen LogP contribution in [0.5, 0.6) is 0 Å². The Balaban J connectivity index is 2.55. The summed E-state index contributed by atoms with van der Waals surface area (Å²) in [4.78, 5) is 11.9. The summed E-state index contributed by atoms with van der Waals surface area (Å²) in [6.45, 7) is 4.79. The van der Waals surface area contributed by atoms with Crippen molar-refractivity contribution in [2.75, 3.05) is 6.61 Å². The van der Waals surface area contributed by atoms with Crippen molar-refractivity contribution >= 4 is 5.97 Å². The van der Waals surface area contributed by atoms with Gasteiger partial charge in [-0.3, -0.25) is 0 Å². The average molecular weight is 234 g/mol. The number of hydrogen-bond acceptors (Lipinski definition) is 2. The largest absolute Gasteiger partial charge is 0.462 e. The van der Waals surface area contributed by atoms with Crippen LogP contribution in [0.3, 0.4) is 0 Å². The molecular formula is C15H22O2. The third-order valence-electron chi connectivity index (χ3n) is 2.74. The van der Waals surface area contributed by atoms with E-state index >= 15 is 0 Å². The summed E-state index contributed by atoms with van der Waals surface area (Å²) in [5.74, 6) is -0.176. The van der Waals surface area contributed by atoms with Crippen LogP contribution in [-0.2, 0) is 11.2 Å². The van der Waals surface area contributed by atoms with Crippen LogP contribution in [0, 0.1) is 0 Å². The van der Waals surface area contributed by atoms with Gasteiger partial charge in [-0.05, 0) is 24.5 Å². The zero-order valence-corrected chi connectivity index (χ0v) is 10.9. The van der Waals surface area contributed by atoms with Crippen LogP contribution in [0.1, 0.15) is 55.5 Å². The smallest absolute Gasteiger partial charge is 0.338 e. The number of esters is 1. The molecule has 94 valence electrons. The summed E-state index contributed by atoms with van der Waals surface area (Å²) in [7, 11) is 0. The third kappa shape index (κ3) is 4.59. The number of unbranched alkanes of at least 4 members (excludes halogenated alkanes) is 2. The van der Waals surface area contributed by atoms with Gasteiger partial charge in [0, 0.05) is 0 Å². The Hall–Kier alpha value is -1.31. The maximum atomic E-state index is 11.9. The molecule has 0 fully saturated rings. The van der Waals surface area contributed by atoms with E-state index in [1.165, 1.54) is 0 Å². The van der Waals surface area contributed by atoms with E-state index in [-0.39, 0.29) is 5.97 Å². The summed E-state index contributed by atoms with van der Waals surface area (Å²) in [6, 6.07) is 7.72. The lowest BCUT2D eigenvalue weighted by Crippen LogP contribution is -2.09. The van der Waals surface area contributed by atoms with Gasteiger partial charge in [-0.15, -0.1) is 0 Å². The molecule has 0 aromatic heterocycles. The number of carbonyl (C=O) groups is 1. The van der Waals surface area contributed by atoms with Crippen LogP contribution in [0.25, 0.3) is 0 Å². The van der Waals surface area contributed by atoms with E-state index in [0.717, 1.165) is 43.2 Å². The molecule has 0 spiro atoms. The second-order valence-corrected chi connectivity index (χ2v) is 4.25. The zero-order chi connectivity index (χ0) is 12.5. The Labute approximate surface area is 104 Å². The monoisotopic (exact) mass is 234 g/mol. The number of hydrogen-bond donors (Lipinski definition) is 0. The first-order valence-electron chi connectivity index (χ1n) is 6.54. The van der Waals surface area contributed by atoms with Crippen molar-refractivity contribution in [3.8, 4) is 0 Å². The van der Waals surface area contributed by atoms with Gasteiger partial charge in [0.1, 0.15) is 0 Å². The molecule has 1 aromatic carbocycles. The Bertz CT molecular complexity index is 345. The molecule has 0 aliphatic rings. The van der Waals surface area contributed by atoms with Gasteiger partial charge >= 0.3 is 5.97 Å². The second-order valence-electron chi connectivity index (χ2n) is 4.25. The number of carbonyl (C=O) groups excluding carboxylic acids is 1. The third-order valence-corrected chi connectivity index (χ3v) is 2.74. The molecule has 0 heterocycles. The summed E-state index contributed by atoms with van der Waals surface area (Å²) in [6.07, 6.45) is 5.19. The molecule has 0 amide bonds. The number of benzene rings is 1. The van der Waals surface area contributed by atoms with E-state index in [4.69, 9.17) is 4.74 Å². The summed E-state index contributed by atoms with van der Waals surface area (Å²) in [5, 5.41) is 0. The first-order chi connectivity index (χ1) is 8.29. The summed E-state index contributed by atoms with van der Waals surface area (Å²) < 4.78 is 5.28. The van der Waals surface area contributed by atoms with Crippen molar-refractivity contribution in [1.29, 1.82) is 0 Å². The van der Waals surface area contributed by atoms with Crippen molar-refractivity contribution in [3.05, 3.63) is 35.4 Å². The molecule has 0 unspecified atom stereocenters. The average Bonchev–Trinajstić information content (AvgIpc) is 2.35. The first-order valence-corrected chi connectivity index (χ1v) is 6.54. The van der Waals surface area contributed by atoms with Gasteiger partial charge in [0.05, 0.1) is 12.2 Å². The van der Waals surface area contributed by atoms with Crippen LogP contribution in [0.2, 0.25) is 0 Å². The number of rotatable bonds is 7. The van der Waals surface area contributed by atoms with Gasteiger partial charge in [-0.2, -0.15) is 0 Å². The highest BCUT2D eigenvalue weighted by Crippen LogP contribution is 2.12. The first kappa shape index (κ1) is 13.8. The van der Waals surface area contributed by atoms with Gasteiger partial charge in [-0.1, -0.05) is 51.3 Å². The molecule has 0 aliphatic heterocycles. The topological polar surface area (TPSA) is 26.3 Å². The molecule has 0 saturated carbocycles. The van der Waals surface area contributed by atoms with E-state index in [9.17, 15) is 4.79 Å². The molecule has 0 N–H and O–H groups in total. The fourth-order valence-corrected chi connectivity index (χ4v) is 1.80. The lowest BCUT2D eigenvalue weighted by atomic mass is 10.0. The quantitative estimate of drug-likeness (QED) is 0.527. The highest BCUT2D eigenvalue weighted by atomic mass is 16.5. The van der Waals surface area contributed by atoms with Crippen LogP contribution in [-0.4, -0.2) is 12.6 Å². The zero-order valence-electron chi connectivity index (χ0n) is 10.9. The molecule has 2 heteroatoms. The van der Waals surface area contributed by atoms with Crippen LogP contribution < -0.4 is 0 Å². The normalized spacial score (nSPS) is 10.2. The van der Waals surface area contributed by atoms with E-state index in [0.29, 0.717) is 6.61 Å². The molecule has 0 bridgehead atoms. The van der Waals surface area contributed by atoms with Crippen molar-refractivity contribution in [2.45, 2.75) is 46.0 Å². The Kier molecular flexibility index (Phi) is 6.38. The Morgan fingerprint density at radius 2 is 1.88 bits per heavy atom. The standard InChI is InChI=1S/C15H22O2/c1-3-5-8-12-17-15(16)14-11-7-6-10-13(14)9-4-2/h6-7,10-11H,3-5,8-9,12H2,1-2H3. The molecule has 0 radical (unpaired) electrons. The van der Waals surface area contributed by atoms with Crippen LogP contribution >= 0.6 is 0 Å². The summed E-state index contributed by atoms with van der Waals surface area (Å²) >= 11 is 0. The molecule has 1 aromatic rings. The van der Waals surface area contributed by atoms with E-state index in [1.54, 1.807) is 0 Å². The van der Waals surface area contributed by atoms with Gasteiger partial charge in [0.2, 0.25) is 0 Å². The molecule has 2 nitrogen and oxygen atoms in total. The van der Waals surface area contributed by atoms with Gasteiger partial charge < -0.3 is 4.74 Å². The van der Waals surface area contributed by atoms with E-state index in [1.807, 2.05) is 24.3 Å². The predicted molar refractivity (Wildman–Crippen MR) is 70.2 cm³/mol. The molecule has 1 rings (SSSR count). The van der Waals surface area contributed by atoms with Gasteiger partial charge in [-0.25, -0.2) is 4.79 Å². The van der Waals surface area contributed by atoms with Crippen LogP contribution in [0.4, 0.5) is 0 Å². The highest BCUT2D eigenvalue weighted by Gasteiger charge is 2.10. The minimum atomic E-state index is -0.176. The Morgan fingerprint density at radius 3 is 2.59 bits per heavy atom. The maximum Gasteiger partial charge on any atom is 0.338 e. The fraction of sp³-hybridized carbons (Fsp3) is 0.533. The molecule has 0 saturated heterocycles. The van der Waals surface area contributed by atoms with Crippen molar-refractivity contribution in [1.82, 2.24) is 0 Å².